The minimum Gasteiger partial charge on any atom is -0.480 e. The summed E-state index contributed by atoms with van der Waals surface area (Å²) in [6.07, 6.45) is 49.3. The van der Waals surface area contributed by atoms with Crippen LogP contribution in [0.1, 0.15) is 226 Å². The summed E-state index contributed by atoms with van der Waals surface area (Å²) < 4.78 is 5.95. The second-order valence-electron chi connectivity index (χ2n) is 15.5. The van der Waals surface area contributed by atoms with E-state index in [0.717, 1.165) is 70.6 Å². The van der Waals surface area contributed by atoms with Crippen LogP contribution in [-0.4, -0.2) is 41.6 Å². The molecule has 0 aromatic heterocycles. The number of esters is 1. The molecule has 4 N–H and O–H groups in total. The Labute approximate surface area is 333 Å². The number of hydrogen-bond donors (Lipinski definition) is 3. The molecule has 1 amide bonds. The summed E-state index contributed by atoms with van der Waals surface area (Å²) in [5.41, 5.74) is 5.48. The lowest BCUT2D eigenvalue weighted by Gasteiger charge is -2.15. The van der Waals surface area contributed by atoms with Crippen LogP contribution in [0.3, 0.4) is 0 Å². The predicted octanol–water partition coefficient (Wildman–Crippen LogP) is 13.0. The molecule has 0 heterocycles. The van der Waals surface area contributed by atoms with Crippen LogP contribution in [0.5, 0.6) is 0 Å². The quantitative estimate of drug-likeness (QED) is 0.0324. The zero-order chi connectivity index (χ0) is 39.6. The highest BCUT2D eigenvalue weighted by atomic mass is 16.5. The molecule has 0 spiro atoms. The second kappa shape index (κ2) is 41.7. The number of rotatable bonds is 41. The third-order valence-corrected chi connectivity index (χ3v) is 10.2. The van der Waals surface area contributed by atoms with Crippen LogP contribution >= 0.6 is 0 Å². The molecule has 2 unspecified atom stereocenters. The van der Waals surface area contributed by atoms with Crippen molar-refractivity contribution in [1.29, 1.82) is 0 Å². The van der Waals surface area contributed by atoms with E-state index in [9.17, 15) is 19.5 Å². The number of carboxylic acids is 1. The Morgan fingerprint density at radius 3 is 1.56 bits per heavy atom. The molecule has 0 saturated carbocycles. The van der Waals surface area contributed by atoms with Crippen LogP contribution in [0.2, 0.25) is 0 Å². The minimum atomic E-state index is -1.01. The summed E-state index contributed by atoms with van der Waals surface area (Å²) in [7, 11) is 0. The predicted molar refractivity (Wildman–Crippen MR) is 230 cm³/mol. The molecular formula is C47H86N2O5. The van der Waals surface area contributed by atoms with Crippen molar-refractivity contribution in [2.45, 2.75) is 238 Å². The van der Waals surface area contributed by atoms with Gasteiger partial charge in [-0.05, 0) is 96.1 Å². The van der Waals surface area contributed by atoms with Crippen molar-refractivity contribution in [3.05, 3.63) is 36.5 Å². The van der Waals surface area contributed by atoms with Gasteiger partial charge in [0.2, 0.25) is 5.91 Å². The van der Waals surface area contributed by atoms with Gasteiger partial charge in [0.05, 0.1) is 0 Å². The number of nitrogens with one attached hydrogen (secondary N) is 1. The molecule has 0 rings (SSSR count). The van der Waals surface area contributed by atoms with E-state index in [0.29, 0.717) is 32.2 Å². The van der Waals surface area contributed by atoms with E-state index in [2.05, 4.69) is 55.6 Å². The van der Waals surface area contributed by atoms with Gasteiger partial charge in [0.25, 0.3) is 0 Å². The number of amides is 1. The average molecular weight is 759 g/mol. The monoisotopic (exact) mass is 759 g/mol. The van der Waals surface area contributed by atoms with Gasteiger partial charge in [0.1, 0.15) is 12.1 Å². The van der Waals surface area contributed by atoms with E-state index in [4.69, 9.17) is 10.5 Å². The first kappa shape index (κ1) is 51.6. The van der Waals surface area contributed by atoms with Gasteiger partial charge >= 0.3 is 11.9 Å². The lowest BCUT2D eigenvalue weighted by molar-refractivity contribution is -0.147. The molecule has 0 aliphatic rings. The van der Waals surface area contributed by atoms with Crippen molar-refractivity contribution in [3.63, 3.8) is 0 Å². The van der Waals surface area contributed by atoms with Gasteiger partial charge in [-0.2, -0.15) is 0 Å². The Hall–Kier alpha value is -2.41. The third kappa shape index (κ3) is 37.9. The Bertz CT molecular complexity index is 946. The van der Waals surface area contributed by atoms with E-state index in [1.165, 1.54) is 116 Å². The number of unbranched alkanes of at least 4 members (excludes halogenated alkanes) is 23. The number of carbonyl (C=O) groups excluding carboxylic acids is 2. The molecule has 0 fully saturated rings. The van der Waals surface area contributed by atoms with Crippen molar-refractivity contribution in [3.8, 4) is 0 Å². The molecule has 0 bridgehead atoms. The lowest BCUT2D eigenvalue weighted by Crippen LogP contribution is -2.40. The maximum Gasteiger partial charge on any atom is 0.326 e. The second-order valence-corrected chi connectivity index (χ2v) is 15.5. The van der Waals surface area contributed by atoms with Crippen LogP contribution < -0.4 is 11.1 Å². The molecule has 0 aromatic rings. The first-order chi connectivity index (χ1) is 26.4. The van der Waals surface area contributed by atoms with E-state index >= 15 is 0 Å². The van der Waals surface area contributed by atoms with E-state index in [1.807, 2.05) is 0 Å². The highest BCUT2D eigenvalue weighted by Gasteiger charge is 2.18. The first-order valence-corrected chi connectivity index (χ1v) is 22.8. The molecule has 0 saturated heterocycles. The van der Waals surface area contributed by atoms with Gasteiger partial charge in [-0.15, -0.1) is 0 Å². The number of hydrogen-bond acceptors (Lipinski definition) is 5. The Morgan fingerprint density at radius 2 is 1.02 bits per heavy atom. The molecule has 0 aliphatic heterocycles. The fourth-order valence-corrected chi connectivity index (χ4v) is 6.69. The van der Waals surface area contributed by atoms with Gasteiger partial charge in [0, 0.05) is 12.8 Å². The van der Waals surface area contributed by atoms with Gasteiger partial charge < -0.3 is 20.9 Å². The Kier molecular flexibility index (Phi) is 39.9. The molecule has 7 nitrogen and oxygen atoms in total. The maximum absolute atomic E-state index is 12.8. The van der Waals surface area contributed by atoms with Crippen molar-refractivity contribution >= 4 is 17.8 Å². The standard InChI is InChI=1S/C47H86N2O5/c1-3-5-7-9-11-13-14-15-16-17-18-19-20-21-23-25-31-35-41-46(51)54-43(37-32-28-24-22-12-10-8-6-4-2)38-33-29-26-27-30-34-40-45(50)49-44(47(52)53)39-36-42-48/h16-17,22,24,32,37,43-44H,3-15,18-21,23,25-31,33-36,38-42,48H2,1-2H3,(H,49,50)(H,52,53)/b17-16-,24-22-,37-32-. The molecule has 314 valence electrons. The van der Waals surface area contributed by atoms with E-state index < -0.39 is 12.0 Å². The van der Waals surface area contributed by atoms with E-state index in [-0.39, 0.29) is 18.0 Å². The van der Waals surface area contributed by atoms with Crippen LogP contribution in [-0.2, 0) is 19.1 Å². The first-order valence-electron chi connectivity index (χ1n) is 22.8. The highest BCUT2D eigenvalue weighted by Crippen LogP contribution is 2.16. The molecule has 54 heavy (non-hydrogen) atoms. The number of ether oxygens (including phenoxy) is 1. The number of aliphatic carboxylic acids is 1. The molecule has 0 radical (unpaired) electrons. The Balaban J connectivity index is 4.25. The summed E-state index contributed by atoms with van der Waals surface area (Å²) >= 11 is 0. The topological polar surface area (TPSA) is 119 Å². The van der Waals surface area contributed by atoms with Gasteiger partial charge in [-0.3, -0.25) is 9.59 Å². The number of nitrogens with two attached hydrogens (primary N) is 1. The molecule has 7 heteroatoms. The van der Waals surface area contributed by atoms with Crippen LogP contribution in [0, 0.1) is 0 Å². The average Bonchev–Trinajstić information content (AvgIpc) is 3.16. The van der Waals surface area contributed by atoms with Crippen LogP contribution in [0.4, 0.5) is 0 Å². The zero-order valence-corrected chi connectivity index (χ0v) is 35.3. The highest BCUT2D eigenvalue weighted by molar-refractivity contribution is 5.83. The summed E-state index contributed by atoms with van der Waals surface area (Å²) in [6.45, 7) is 4.92. The molecular weight excluding hydrogens is 673 g/mol. The van der Waals surface area contributed by atoms with Crippen molar-refractivity contribution in [2.24, 2.45) is 5.73 Å². The summed E-state index contributed by atoms with van der Waals surface area (Å²) in [5.74, 6) is -1.29. The number of allylic oxidation sites excluding steroid dienone is 5. The zero-order valence-electron chi connectivity index (χ0n) is 35.3. The van der Waals surface area contributed by atoms with Crippen LogP contribution in [0.15, 0.2) is 36.5 Å². The molecule has 2 atom stereocenters. The Morgan fingerprint density at radius 1 is 0.556 bits per heavy atom. The van der Waals surface area contributed by atoms with Gasteiger partial charge in [0.15, 0.2) is 0 Å². The summed E-state index contributed by atoms with van der Waals surface area (Å²) in [5, 5.41) is 11.9. The smallest absolute Gasteiger partial charge is 0.326 e. The minimum absolute atomic E-state index is 0.0779. The summed E-state index contributed by atoms with van der Waals surface area (Å²) in [6, 6.07) is -0.856. The van der Waals surface area contributed by atoms with Crippen molar-refractivity contribution in [1.82, 2.24) is 5.32 Å². The van der Waals surface area contributed by atoms with Crippen molar-refractivity contribution < 1.29 is 24.2 Å². The number of carbonyl (C=O) groups is 3. The fourth-order valence-electron chi connectivity index (χ4n) is 6.69. The maximum atomic E-state index is 12.8. The normalized spacial score (nSPS) is 12.9. The fraction of sp³-hybridized carbons (Fsp3) is 0.809. The third-order valence-electron chi connectivity index (χ3n) is 10.2. The summed E-state index contributed by atoms with van der Waals surface area (Å²) in [4.78, 5) is 36.3. The van der Waals surface area contributed by atoms with Gasteiger partial charge in [-0.1, -0.05) is 160 Å². The van der Waals surface area contributed by atoms with E-state index in [1.54, 1.807) is 0 Å². The number of carboxylic acid groups (broad SMARTS) is 1. The van der Waals surface area contributed by atoms with Crippen molar-refractivity contribution in [2.75, 3.05) is 6.54 Å². The SMILES string of the molecule is CCCCCC/C=C\C/C=C\C(CCCCCCCCC(=O)NC(CCCN)C(=O)O)OC(=O)CCCCCCCCC/C=C\CCCCCCCCC. The largest absolute Gasteiger partial charge is 0.480 e. The molecule has 0 aromatic carbocycles. The molecule has 0 aliphatic carbocycles. The lowest BCUT2D eigenvalue weighted by atomic mass is 10.0. The van der Waals surface area contributed by atoms with Crippen LogP contribution in [0.25, 0.3) is 0 Å². The van der Waals surface area contributed by atoms with Gasteiger partial charge in [-0.25, -0.2) is 4.79 Å².